The highest BCUT2D eigenvalue weighted by atomic mass is 32.1. The van der Waals surface area contributed by atoms with Crippen LogP contribution in [0.15, 0.2) is 60.2 Å². The van der Waals surface area contributed by atoms with E-state index in [4.69, 9.17) is 14.5 Å². The first kappa shape index (κ1) is 56.7. The molecule has 0 saturated carbocycles. The third kappa shape index (κ3) is 12.2. The van der Waals surface area contributed by atoms with Crippen molar-refractivity contribution in [3.63, 3.8) is 0 Å². The lowest BCUT2D eigenvalue weighted by Gasteiger charge is -2.35. The van der Waals surface area contributed by atoms with Crippen molar-refractivity contribution >= 4 is 56.6 Å². The van der Waals surface area contributed by atoms with Crippen LogP contribution in [0.5, 0.6) is 11.8 Å². The van der Waals surface area contributed by atoms with Crippen molar-refractivity contribution in [2.24, 2.45) is 5.41 Å². The number of anilines is 1. The van der Waals surface area contributed by atoms with E-state index in [-0.39, 0.29) is 98.5 Å². The van der Waals surface area contributed by atoms with Crippen molar-refractivity contribution in [3.8, 4) is 33.5 Å². The molecule has 8 unspecified atom stereocenters. The monoisotopic (exact) mass is 1120 g/mol. The largest absolute Gasteiger partial charge is 0.508 e. The number of aryl methyl sites for hydroxylation is 2. The van der Waals surface area contributed by atoms with E-state index in [0.29, 0.717) is 66.4 Å². The van der Waals surface area contributed by atoms with Crippen LogP contribution in [-0.2, 0) is 25.5 Å². The fourth-order valence-electron chi connectivity index (χ4n) is 12.0. The summed E-state index contributed by atoms with van der Waals surface area (Å²) in [5.41, 5.74) is 4.36. The van der Waals surface area contributed by atoms with E-state index in [1.165, 1.54) is 29.3 Å². The number of amides is 3. The van der Waals surface area contributed by atoms with Crippen molar-refractivity contribution in [2.75, 3.05) is 57.4 Å². The van der Waals surface area contributed by atoms with E-state index in [2.05, 4.69) is 35.8 Å². The molecule has 0 aliphatic carbocycles. The number of rotatable bonds is 19. The smallest absolute Gasteiger partial charge is 0.319 e. The molecule has 0 radical (unpaired) electrons. The predicted molar refractivity (Wildman–Crippen MR) is 300 cm³/mol. The zero-order valence-electron chi connectivity index (χ0n) is 46.1. The summed E-state index contributed by atoms with van der Waals surface area (Å²) < 4.78 is 59.6. The Balaban J connectivity index is 0.743. The Morgan fingerprint density at radius 2 is 1.73 bits per heavy atom. The number of aliphatic hydroxyl groups is 1. The number of aliphatic hydroxyl groups excluding tert-OH is 1. The Labute approximate surface area is 467 Å². The third-order valence-corrected chi connectivity index (χ3v) is 17.1. The van der Waals surface area contributed by atoms with Crippen molar-refractivity contribution < 1.29 is 47.2 Å². The molecule has 4 aliphatic rings. The molecule has 6 aromatic rings. The fraction of sp³-hybridized carbons (Fsp3) is 0.508. The van der Waals surface area contributed by atoms with Gasteiger partial charge in [-0.05, 0) is 110 Å². The molecule has 426 valence electrons. The number of nitrogens with one attached hydrogen (secondary N) is 3. The standard InChI is InChI=1S/C59H71F3N10O7S/c1-7-43-46(61)17-14-36-20-41(73)22-44(49(36)43)51-50(62)52-45(24-63-51)55(71-26-38-15-16-39(27-71)66-38)69-58(68-52)79-29-40-21-37(60)25-70(40)18-8-9-19-78-30-48(75)67-54(59(4,5)6)57(77)72-28-42(74)23-47(72)56(76)65-32(2)34-10-12-35(13-11-34)53-33(3)64-31-80-53/h10-14,17,20,22,24,31-32,37-40,42,47,54,66,73-74H,7-9,15-16,18-19,21,23,25-30H2,1-6H3,(H,65,76)(H,67,75). The van der Waals surface area contributed by atoms with Crippen molar-refractivity contribution in [1.29, 1.82) is 0 Å². The van der Waals surface area contributed by atoms with E-state index in [9.17, 15) is 24.6 Å². The van der Waals surface area contributed by atoms with Crippen LogP contribution in [0.1, 0.15) is 96.0 Å². The number of aromatic hydroxyl groups is 1. The number of thiazole rings is 1. The van der Waals surface area contributed by atoms with E-state index in [0.717, 1.165) is 34.5 Å². The number of β-amino-alcohol motifs (C(OH)–C–C–N with tert-alkyl or cyclic N) is 1. The van der Waals surface area contributed by atoms with Gasteiger partial charge in [-0.2, -0.15) is 9.97 Å². The number of phenols is 1. The number of hydrogen-bond acceptors (Lipinski definition) is 15. The van der Waals surface area contributed by atoms with Gasteiger partial charge in [-0.3, -0.25) is 24.3 Å². The number of aromatic nitrogens is 4. The molecule has 10 rings (SSSR count). The lowest BCUT2D eigenvalue weighted by Crippen LogP contribution is -2.58. The summed E-state index contributed by atoms with van der Waals surface area (Å²) in [6, 6.07) is 11.4. The van der Waals surface area contributed by atoms with Gasteiger partial charge in [0.1, 0.15) is 60.1 Å². The minimum atomic E-state index is -1.10. The Morgan fingerprint density at radius 1 is 0.963 bits per heavy atom. The number of carbonyl (C=O) groups is 3. The fourth-order valence-corrected chi connectivity index (χ4v) is 12.8. The number of fused-ring (bicyclic) bond motifs is 4. The highest BCUT2D eigenvalue weighted by Crippen LogP contribution is 2.40. The third-order valence-electron chi connectivity index (χ3n) is 16.1. The molecule has 7 heterocycles. The highest BCUT2D eigenvalue weighted by molar-refractivity contribution is 7.13. The molecule has 5 N–H and O–H groups in total. The number of pyridine rings is 1. The van der Waals surface area contributed by atoms with Crippen LogP contribution in [0.2, 0.25) is 0 Å². The number of likely N-dealkylation sites (tertiary alicyclic amines) is 2. The molecule has 0 spiro atoms. The number of ether oxygens (including phenoxy) is 2. The summed E-state index contributed by atoms with van der Waals surface area (Å²) in [4.78, 5) is 66.3. The topological polar surface area (TPSA) is 208 Å². The van der Waals surface area contributed by atoms with Crippen LogP contribution in [-0.4, -0.2) is 153 Å². The average Bonchev–Trinajstić information content (AvgIpc) is 4.26. The molecular weight excluding hydrogens is 1050 g/mol. The number of halogens is 3. The highest BCUT2D eigenvalue weighted by Gasteiger charge is 2.45. The molecule has 21 heteroatoms. The molecular formula is C59H71F3N10O7S. The summed E-state index contributed by atoms with van der Waals surface area (Å²) in [7, 11) is 0. The quantitative estimate of drug-likeness (QED) is 0.0493. The van der Waals surface area contributed by atoms with Gasteiger partial charge in [0.2, 0.25) is 17.7 Å². The predicted octanol–water partition coefficient (Wildman–Crippen LogP) is 7.72. The molecule has 4 aliphatic heterocycles. The first-order valence-electron chi connectivity index (χ1n) is 27.8. The second kappa shape index (κ2) is 23.9. The van der Waals surface area contributed by atoms with Gasteiger partial charge in [-0.1, -0.05) is 58.0 Å². The maximum absolute atomic E-state index is 17.2. The summed E-state index contributed by atoms with van der Waals surface area (Å²) in [6.07, 6.45) is 3.25. The van der Waals surface area contributed by atoms with Gasteiger partial charge >= 0.3 is 6.01 Å². The maximum Gasteiger partial charge on any atom is 0.319 e. The summed E-state index contributed by atoms with van der Waals surface area (Å²) in [5.74, 6) is -2.26. The van der Waals surface area contributed by atoms with Gasteiger partial charge in [0, 0.05) is 69.1 Å². The molecule has 3 amide bonds. The molecule has 3 aromatic heterocycles. The first-order chi connectivity index (χ1) is 38.3. The number of phenolic OH excluding ortho intramolecular Hbond substituents is 1. The maximum atomic E-state index is 17.2. The number of alkyl halides is 1. The number of unbranched alkanes of at least 4 members (excludes halogenated alkanes) is 1. The van der Waals surface area contributed by atoms with Gasteiger partial charge in [0.15, 0.2) is 5.82 Å². The molecule has 4 saturated heterocycles. The minimum absolute atomic E-state index is 0.0302. The van der Waals surface area contributed by atoms with Gasteiger partial charge in [-0.15, -0.1) is 11.3 Å². The number of hydrogen-bond donors (Lipinski definition) is 5. The molecule has 17 nitrogen and oxygen atoms in total. The Hall–Kier alpha value is -6.52. The van der Waals surface area contributed by atoms with Crippen molar-refractivity contribution in [3.05, 3.63) is 88.7 Å². The van der Waals surface area contributed by atoms with Crippen LogP contribution < -0.4 is 25.6 Å². The first-order valence-corrected chi connectivity index (χ1v) is 28.7. The summed E-state index contributed by atoms with van der Waals surface area (Å²) in [6.45, 7) is 12.9. The van der Waals surface area contributed by atoms with Gasteiger partial charge < -0.3 is 45.4 Å². The second-order valence-electron chi connectivity index (χ2n) is 23.0. The zero-order valence-corrected chi connectivity index (χ0v) is 46.9. The van der Waals surface area contributed by atoms with Crippen LogP contribution in [0.3, 0.4) is 0 Å². The minimum Gasteiger partial charge on any atom is -0.508 e. The second-order valence-corrected chi connectivity index (χ2v) is 23.8. The van der Waals surface area contributed by atoms with E-state index >= 15 is 13.2 Å². The molecule has 8 atom stereocenters. The average molecular weight is 1120 g/mol. The number of nitrogens with zero attached hydrogens (tertiary/aromatic N) is 7. The van der Waals surface area contributed by atoms with Gasteiger partial charge in [0.25, 0.3) is 0 Å². The number of piperazine rings is 1. The van der Waals surface area contributed by atoms with E-state index in [1.807, 2.05) is 70.7 Å². The summed E-state index contributed by atoms with van der Waals surface area (Å²) >= 11 is 1.56. The van der Waals surface area contributed by atoms with Crippen molar-refractivity contribution in [2.45, 2.75) is 135 Å². The van der Waals surface area contributed by atoms with Gasteiger partial charge in [0.05, 0.1) is 33.6 Å². The summed E-state index contributed by atoms with van der Waals surface area (Å²) in [5, 5.41) is 32.3. The Kier molecular flexibility index (Phi) is 17.0. The van der Waals surface area contributed by atoms with E-state index in [1.54, 1.807) is 22.9 Å². The van der Waals surface area contributed by atoms with E-state index < -0.39 is 59.1 Å². The van der Waals surface area contributed by atoms with Crippen LogP contribution >= 0.6 is 11.3 Å². The molecule has 80 heavy (non-hydrogen) atoms. The number of benzene rings is 3. The van der Waals surface area contributed by atoms with Gasteiger partial charge in [-0.25, -0.2) is 18.2 Å². The SMILES string of the molecule is CCc1c(F)ccc2cc(O)cc(-c3ncc4c(N5CC6CCC(C5)N6)nc(OCC5CC(F)CN5CCCCOCC(=O)NC(C(=O)N5CC(O)CC5C(=O)NC(C)c5ccc(-c6scnc6C)cc5)C(C)(C)C)nc4c3F)c12. The van der Waals surface area contributed by atoms with Crippen LogP contribution in [0, 0.1) is 24.0 Å². The molecule has 2 bridgehead atoms. The molecule has 3 aromatic carbocycles. The molecule has 4 fully saturated rings. The zero-order chi connectivity index (χ0) is 56.6. The Morgan fingerprint density at radius 3 is 2.44 bits per heavy atom. The lowest BCUT2D eigenvalue weighted by molar-refractivity contribution is -0.144. The van der Waals surface area contributed by atoms with Crippen LogP contribution in [0.4, 0.5) is 19.0 Å². The number of carbonyl (C=O) groups excluding carboxylic acids is 3. The Bertz CT molecular complexity index is 3240. The van der Waals surface area contributed by atoms with Crippen LogP contribution in [0.25, 0.3) is 43.4 Å². The normalized spacial score (nSPS) is 22.1. The van der Waals surface area contributed by atoms with Crippen molar-refractivity contribution in [1.82, 2.24) is 45.7 Å². The lowest BCUT2D eigenvalue weighted by atomic mass is 9.85.